The van der Waals surface area contributed by atoms with E-state index in [0.717, 1.165) is 22.5 Å². The zero-order chi connectivity index (χ0) is 20.9. The van der Waals surface area contributed by atoms with Crippen LogP contribution in [-0.2, 0) is 11.3 Å². The lowest BCUT2D eigenvalue weighted by Gasteiger charge is -2.25. The maximum atomic E-state index is 12.0. The molecule has 0 saturated carbocycles. The summed E-state index contributed by atoms with van der Waals surface area (Å²) in [6.07, 6.45) is 2.98. The van der Waals surface area contributed by atoms with Crippen molar-refractivity contribution in [2.45, 2.75) is 12.7 Å². The number of hydrogen-bond acceptors (Lipinski definition) is 6. The molecular formula is C24H23N5O. The molecule has 150 valence electrons. The van der Waals surface area contributed by atoms with Crippen molar-refractivity contribution in [1.82, 2.24) is 10.3 Å². The summed E-state index contributed by atoms with van der Waals surface area (Å²) in [5, 5.41) is 10.1. The normalized spacial score (nSPS) is 15.7. The Balaban J connectivity index is 1.70. The van der Waals surface area contributed by atoms with Crippen molar-refractivity contribution < 1.29 is 4.79 Å². The number of aromatic nitrogens is 1. The SMILES string of the molecule is CN(C)c1ccc(N2N=C(c3cccnc3)C(=C=O)C2NCc2ccccc2)cc1. The molecular weight excluding hydrogens is 374 g/mol. The quantitative estimate of drug-likeness (QED) is 0.647. The van der Waals surface area contributed by atoms with E-state index in [9.17, 15) is 4.79 Å². The molecule has 1 aliphatic heterocycles. The van der Waals surface area contributed by atoms with Crippen LogP contribution in [0.2, 0.25) is 0 Å². The van der Waals surface area contributed by atoms with Gasteiger partial charge < -0.3 is 4.90 Å². The second kappa shape index (κ2) is 8.74. The first-order valence-electron chi connectivity index (χ1n) is 9.75. The van der Waals surface area contributed by atoms with Gasteiger partial charge in [-0.25, -0.2) is 9.80 Å². The van der Waals surface area contributed by atoms with Crippen LogP contribution in [0.4, 0.5) is 11.4 Å². The van der Waals surface area contributed by atoms with Crippen molar-refractivity contribution >= 4 is 23.0 Å². The molecule has 1 unspecified atom stereocenters. The van der Waals surface area contributed by atoms with E-state index >= 15 is 0 Å². The summed E-state index contributed by atoms with van der Waals surface area (Å²) in [4.78, 5) is 18.2. The number of pyridine rings is 1. The number of nitrogens with one attached hydrogen (secondary N) is 1. The van der Waals surface area contributed by atoms with Crippen molar-refractivity contribution in [3.05, 3.63) is 95.8 Å². The van der Waals surface area contributed by atoms with Gasteiger partial charge in [0.15, 0.2) is 0 Å². The molecule has 0 radical (unpaired) electrons. The van der Waals surface area contributed by atoms with Gasteiger partial charge in [-0.1, -0.05) is 30.3 Å². The van der Waals surface area contributed by atoms with Gasteiger partial charge >= 0.3 is 0 Å². The minimum Gasteiger partial charge on any atom is -0.378 e. The molecule has 6 heteroatoms. The maximum absolute atomic E-state index is 12.0. The second-order valence-electron chi connectivity index (χ2n) is 7.23. The predicted octanol–water partition coefficient (Wildman–Crippen LogP) is 3.25. The minimum absolute atomic E-state index is 0.428. The molecule has 0 spiro atoms. The van der Waals surface area contributed by atoms with Gasteiger partial charge in [0.05, 0.1) is 5.69 Å². The van der Waals surface area contributed by atoms with E-state index in [1.807, 2.05) is 90.7 Å². The van der Waals surface area contributed by atoms with Crippen LogP contribution in [0, 0.1) is 0 Å². The highest BCUT2D eigenvalue weighted by atomic mass is 16.1. The number of rotatable bonds is 6. The van der Waals surface area contributed by atoms with Crippen LogP contribution >= 0.6 is 0 Å². The summed E-state index contributed by atoms with van der Waals surface area (Å²) in [7, 11) is 4.00. The molecule has 1 aliphatic rings. The minimum atomic E-state index is -0.428. The zero-order valence-corrected chi connectivity index (χ0v) is 17.0. The van der Waals surface area contributed by atoms with Gasteiger partial charge in [0.25, 0.3) is 0 Å². The maximum Gasteiger partial charge on any atom is 0.141 e. The Hall–Kier alpha value is -3.73. The van der Waals surface area contributed by atoms with Crippen molar-refractivity contribution in [2.75, 3.05) is 24.0 Å². The summed E-state index contributed by atoms with van der Waals surface area (Å²) in [6, 6.07) is 21.9. The monoisotopic (exact) mass is 397 g/mol. The largest absolute Gasteiger partial charge is 0.378 e. The highest BCUT2D eigenvalue weighted by Gasteiger charge is 2.34. The molecule has 2 aromatic carbocycles. The van der Waals surface area contributed by atoms with Crippen LogP contribution in [-0.4, -0.2) is 36.9 Å². The summed E-state index contributed by atoms with van der Waals surface area (Å²) < 4.78 is 0. The lowest BCUT2D eigenvalue weighted by molar-refractivity contribution is 0.550. The van der Waals surface area contributed by atoms with Gasteiger partial charge in [-0.2, -0.15) is 5.10 Å². The summed E-state index contributed by atoms with van der Waals surface area (Å²) >= 11 is 0. The van der Waals surface area contributed by atoms with Gasteiger partial charge in [0.1, 0.15) is 23.4 Å². The second-order valence-corrected chi connectivity index (χ2v) is 7.23. The highest BCUT2D eigenvalue weighted by molar-refractivity contribution is 6.19. The fourth-order valence-corrected chi connectivity index (χ4v) is 3.40. The van der Waals surface area contributed by atoms with E-state index in [0.29, 0.717) is 17.8 Å². The number of anilines is 2. The first-order chi connectivity index (χ1) is 14.7. The van der Waals surface area contributed by atoms with E-state index in [1.165, 1.54) is 0 Å². The van der Waals surface area contributed by atoms with Crippen molar-refractivity contribution in [3.63, 3.8) is 0 Å². The molecule has 0 fully saturated rings. The number of nitrogens with zero attached hydrogens (tertiary/aromatic N) is 4. The third-order valence-corrected chi connectivity index (χ3v) is 5.00. The average molecular weight is 397 g/mol. The molecule has 3 aromatic rings. The molecule has 0 aliphatic carbocycles. The van der Waals surface area contributed by atoms with Crippen molar-refractivity contribution in [3.8, 4) is 0 Å². The molecule has 30 heavy (non-hydrogen) atoms. The lowest BCUT2D eigenvalue weighted by atomic mass is 10.0. The van der Waals surface area contributed by atoms with Gasteiger partial charge in [-0.15, -0.1) is 0 Å². The van der Waals surface area contributed by atoms with E-state index in [-0.39, 0.29) is 0 Å². The predicted molar refractivity (Wildman–Crippen MR) is 120 cm³/mol. The number of hydrazone groups is 1. The Labute approximate surface area is 176 Å². The Morgan fingerprint density at radius 3 is 2.43 bits per heavy atom. The molecule has 0 amide bonds. The van der Waals surface area contributed by atoms with Crippen LogP contribution in [0.3, 0.4) is 0 Å². The fourth-order valence-electron chi connectivity index (χ4n) is 3.40. The smallest absolute Gasteiger partial charge is 0.141 e. The topological polar surface area (TPSA) is 60.8 Å². The summed E-state index contributed by atoms with van der Waals surface area (Å²) in [6.45, 7) is 0.596. The number of hydrogen-bond donors (Lipinski definition) is 1. The van der Waals surface area contributed by atoms with Gasteiger partial charge in [0.2, 0.25) is 0 Å². The van der Waals surface area contributed by atoms with Crippen LogP contribution in [0.15, 0.2) is 89.8 Å². The van der Waals surface area contributed by atoms with Crippen molar-refractivity contribution in [2.24, 2.45) is 5.10 Å². The Bertz CT molecular complexity index is 1070. The lowest BCUT2D eigenvalue weighted by Crippen LogP contribution is -2.41. The zero-order valence-electron chi connectivity index (χ0n) is 17.0. The van der Waals surface area contributed by atoms with Crippen LogP contribution in [0.25, 0.3) is 0 Å². The van der Waals surface area contributed by atoms with Crippen LogP contribution in [0.5, 0.6) is 0 Å². The molecule has 1 atom stereocenters. The van der Waals surface area contributed by atoms with Crippen LogP contribution in [0.1, 0.15) is 11.1 Å². The molecule has 2 heterocycles. The van der Waals surface area contributed by atoms with E-state index in [1.54, 1.807) is 12.4 Å². The highest BCUT2D eigenvalue weighted by Crippen LogP contribution is 2.29. The third-order valence-electron chi connectivity index (χ3n) is 5.00. The molecule has 0 bridgehead atoms. The molecule has 4 rings (SSSR count). The van der Waals surface area contributed by atoms with Gasteiger partial charge in [0, 0.05) is 44.3 Å². The molecule has 6 nitrogen and oxygen atoms in total. The first-order valence-corrected chi connectivity index (χ1v) is 9.75. The van der Waals surface area contributed by atoms with Crippen molar-refractivity contribution in [1.29, 1.82) is 0 Å². The van der Waals surface area contributed by atoms with Gasteiger partial charge in [-0.3, -0.25) is 10.3 Å². The fraction of sp³-hybridized carbons (Fsp3) is 0.167. The molecule has 1 N–H and O–H groups in total. The van der Waals surface area contributed by atoms with Gasteiger partial charge in [-0.05, 0) is 42.0 Å². The van der Waals surface area contributed by atoms with E-state index in [4.69, 9.17) is 5.10 Å². The Morgan fingerprint density at radius 1 is 1.03 bits per heavy atom. The molecule has 1 aromatic heterocycles. The van der Waals surface area contributed by atoms with E-state index in [2.05, 4.69) is 16.2 Å². The number of carbonyl (C=O) groups excluding carboxylic acids is 1. The average Bonchev–Trinajstić information content (AvgIpc) is 3.17. The van der Waals surface area contributed by atoms with Crippen LogP contribution < -0.4 is 15.2 Å². The third kappa shape index (κ3) is 4.01. The Morgan fingerprint density at radius 2 is 1.80 bits per heavy atom. The standard InChI is InChI=1S/C24H23N5O/c1-28(2)20-10-12-21(13-11-20)29-24(26-15-18-7-4-3-5-8-18)22(17-30)23(27-29)19-9-6-14-25-16-19/h3-14,16,24,26H,15H2,1-2H3. The van der Waals surface area contributed by atoms with E-state index < -0.39 is 6.17 Å². The summed E-state index contributed by atoms with van der Waals surface area (Å²) in [5.41, 5.74) is 4.94. The summed E-state index contributed by atoms with van der Waals surface area (Å²) in [5.74, 6) is 2.12. The Kier molecular flexibility index (Phi) is 5.70. The molecule has 0 saturated heterocycles. The number of benzene rings is 2. The first kappa shape index (κ1) is 19.6.